The van der Waals surface area contributed by atoms with Crippen LogP contribution >= 0.6 is 11.3 Å². The lowest BCUT2D eigenvalue weighted by atomic mass is 9.97. The van der Waals surface area contributed by atoms with Gasteiger partial charge in [-0.2, -0.15) is 0 Å². The molecular formula is C17H24OS. The molecule has 2 heteroatoms. The maximum atomic E-state index is 10.6. The molecule has 0 aliphatic rings. The second-order valence-corrected chi connectivity index (χ2v) is 6.77. The van der Waals surface area contributed by atoms with Crippen LogP contribution in [0.3, 0.4) is 0 Å². The van der Waals surface area contributed by atoms with Gasteiger partial charge < -0.3 is 0 Å². The lowest BCUT2D eigenvalue weighted by Crippen LogP contribution is -1.89. The van der Waals surface area contributed by atoms with Crippen LogP contribution in [0.2, 0.25) is 0 Å². The van der Waals surface area contributed by atoms with Crippen molar-refractivity contribution >= 4 is 29.8 Å². The summed E-state index contributed by atoms with van der Waals surface area (Å²) in [4.78, 5) is 13.4. The fourth-order valence-corrected chi connectivity index (χ4v) is 3.37. The van der Waals surface area contributed by atoms with E-state index in [1.165, 1.54) is 26.5 Å². The smallest absolute Gasteiger partial charge is 0.142 e. The van der Waals surface area contributed by atoms with E-state index in [9.17, 15) is 4.79 Å². The third kappa shape index (κ3) is 3.90. The zero-order valence-corrected chi connectivity index (χ0v) is 13.6. The van der Waals surface area contributed by atoms with Crippen molar-refractivity contribution in [1.29, 1.82) is 0 Å². The van der Waals surface area contributed by atoms with Gasteiger partial charge in [-0.1, -0.05) is 45.4 Å². The molecule has 1 aromatic rings. The Bertz CT molecular complexity index is 498. The third-order valence-corrected chi connectivity index (χ3v) is 4.69. The fraction of sp³-hybridized carbons (Fsp3) is 0.471. The highest BCUT2D eigenvalue weighted by Crippen LogP contribution is 2.39. The van der Waals surface area contributed by atoms with Gasteiger partial charge >= 0.3 is 0 Å². The average Bonchev–Trinajstić information content (AvgIpc) is 2.64. The molecule has 104 valence electrons. The number of rotatable bonds is 5. The van der Waals surface area contributed by atoms with Crippen molar-refractivity contribution in [1.82, 2.24) is 0 Å². The monoisotopic (exact) mass is 276 g/mol. The van der Waals surface area contributed by atoms with E-state index in [-0.39, 0.29) is 0 Å². The summed E-state index contributed by atoms with van der Waals surface area (Å²) < 4.78 is 0. The predicted molar refractivity (Wildman–Crippen MR) is 86.9 cm³/mol. The molecular weight excluding hydrogens is 252 g/mol. The summed E-state index contributed by atoms with van der Waals surface area (Å²) >= 11 is 1.88. The molecule has 1 heterocycles. The van der Waals surface area contributed by atoms with Gasteiger partial charge in [-0.05, 0) is 42.9 Å². The summed E-state index contributed by atoms with van der Waals surface area (Å²) in [5.41, 5.74) is 3.80. The lowest BCUT2D eigenvalue weighted by Gasteiger charge is -2.05. The summed E-state index contributed by atoms with van der Waals surface area (Å²) in [5.74, 6) is 0.986. The summed E-state index contributed by atoms with van der Waals surface area (Å²) in [6.45, 7) is 13.1. The number of aldehydes is 1. The van der Waals surface area contributed by atoms with Gasteiger partial charge in [0.2, 0.25) is 0 Å². The standard InChI is InChI=1S/C17H24OS/c1-11(2)10-15-14(8-7-9-18)16(12(3)4)19-17(15)13(5)6/h7-10,12-13H,1-6H3/b8-7+. The number of hydrogen-bond acceptors (Lipinski definition) is 2. The van der Waals surface area contributed by atoms with Gasteiger partial charge in [-0.15, -0.1) is 11.3 Å². The van der Waals surface area contributed by atoms with Crippen molar-refractivity contribution in [2.45, 2.75) is 53.4 Å². The SMILES string of the molecule is CC(C)=Cc1c(C(C)C)sc(C(C)C)c1/C=C/C=O. The van der Waals surface area contributed by atoms with Gasteiger partial charge in [-0.3, -0.25) is 4.79 Å². The summed E-state index contributed by atoms with van der Waals surface area (Å²) in [6, 6.07) is 0. The Morgan fingerprint density at radius 2 is 1.53 bits per heavy atom. The molecule has 0 fully saturated rings. The van der Waals surface area contributed by atoms with E-state index < -0.39 is 0 Å². The van der Waals surface area contributed by atoms with E-state index in [1.807, 2.05) is 17.4 Å². The Labute approximate surface area is 121 Å². The van der Waals surface area contributed by atoms with Crippen molar-refractivity contribution in [3.05, 3.63) is 32.5 Å². The number of allylic oxidation sites excluding steroid dienone is 2. The summed E-state index contributed by atoms with van der Waals surface area (Å²) in [6.07, 6.45) is 6.64. The molecule has 0 radical (unpaired) electrons. The van der Waals surface area contributed by atoms with Crippen LogP contribution < -0.4 is 0 Å². The second kappa shape index (κ2) is 6.85. The van der Waals surface area contributed by atoms with Gasteiger partial charge in [0.15, 0.2) is 0 Å². The molecule has 19 heavy (non-hydrogen) atoms. The molecule has 0 bridgehead atoms. The zero-order valence-electron chi connectivity index (χ0n) is 12.8. The van der Waals surface area contributed by atoms with E-state index in [0.717, 1.165) is 6.29 Å². The van der Waals surface area contributed by atoms with E-state index in [4.69, 9.17) is 0 Å². The van der Waals surface area contributed by atoms with Crippen LogP contribution in [-0.2, 0) is 4.79 Å². The van der Waals surface area contributed by atoms with Crippen LogP contribution in [0.4, 0.5) is 0 Å². The average molecular weight is 276 g/mol. The Kier molecular flexibility index (Phi) is 5.74. The first-order valence-electron chi connectivity index (χ1n) is 6.81. The number of carbonyl (C=O) groups excluding carboxylic acids is 1. The van der Waals surface area contributed by atoms with Crippen molar-refractivity contribution in [3.8, 4) is 0 Å². The Hall–Kier alpha value is -1.15. The quantitative estimate of drug-likeness (QED) is 0.503. The highest BCUT2D eigenvalue weighted by Gasteiger charge is 2.18. The van der Waals surface area contributed by atoms with E-state index in [2.05, 4.69) is 47.6 Å². The van der Waals surface area contributed by atoms with E-state index >= 15 is 0 Å². The minimum atomic E-state index is 0.480. The van der Waals surface area contributed by atoms with Crippen molar-refractivity contribution in [3.63, 3.8) is 0 Å². The zero-order chi connectivity index (χ0) is 14.6. The topological polar surface area (TPSA) is 17.1 Å². The molecule has 0 saturated carbocycles. The summed E-state index contributed by atoms with van der Waals surface area (Å²) in [7, 11) is 0. The normalized spacial score (nSPS) is 11.6. The fourth-order valence-electron chi connectivity index (χ4n) is 2.10. The molecule has 0 saturated heterocycles. The van der Waals surface area contributed by atoms with E-state index in [1.54, 1.807) is 6.08 Å². The molecule has 0 aliphatic heterocycles. The first-order chi connectivity index (χ1) is 8.88. The molecule has 0 atom stereocenters. The maximum Gasteiger partial charge on any atom is 0.142 e. The minimum absolute atomic E-state index is 0.480. The highest BCUT2D eigenvalue weighted by atomic mass is 32.1. The van der Waals surface area contributed by atoms with Crippen LogP contribution in [-0.4, -0.2) is 6.29 Å². The van der Waals surface area contributed by atoms with Gasteiger partial charge in [-0.25, -0.2) is 0 Å². The van der Waals surface area contributed by atoms with Gasteiger partial charge in [0.1, 0.15) is 6.29 Å². The Balaban J connectivity index is 3.56. The Morgan fingerprint density at radius 1 is 1.00 bits per heavy atom. The van der Waals surface area contributed by atoms with Gasteiger partial charge in [0.25, 0.3) is 0 Å². The molecule has 0 unspecified atom stereocenters. The van der Waals surface area contributed by atoms with Crippen molar-refractivity contribution < 1.29 is 4.79 Å². The van der Waals surface area contributed by atoms with Crippen LogP contribution in [0.25, 0.3) is 12.2 Å². The van der Waals surface area contributed by atoms with Crippen LogP contribution in [0.15, 0.2) is 11.6 Å². The second-order valence-electron chi connectivity index (χ2n) is 5.68. The largest absolute Gasteiger partial charge is 0.299 e. The molecule has 1 nitrogen and oxygen atoms in total. The van der Waals surface area contributed by atoms with Crippen LogP contribution in [0.1, 0.15) is 74.3 Å². The maximum absolute atomic E-state index is 10.6. The molecule has 0 aromatic carbocycles. The Morgan fingerprint density at radius 3 is 1.95 bits per heavy atom. The summed E-state index contributed by atoms with van der Waals surface area (Å²) in [5, 5.41) is 0. The highest BCUT2D eigenvalue weighted by molar-refractivity contribution is 7.12. The third-order valence-electron chi connectivity index (χ3n) is 2.86. The first-order valence-corrected chi connectivity index (χ1v) is 7.63. The number of hydrogen-bond donors (Lipinski definition) is 0. The van der Waals surface area contributed by atoms with Crippen molar-refractivity contribution in [2.24, 2.45) is 0 Å². The predicted octanol–water partition coefficient (Wildman–Crippen LogP) is 5.63. The molecule has 1 aromatic heterocycles. The molecule has 0 spiro atoms. The van der Waals surface area contributed by atoms with Crippen molar-refractivity contribution in [2.75, 3.05) is 0 Å². The molecule has 0 aliphatic carbocycles. The van der Waals surface area contributed by atoms with Gasteiger partial charge in [0.05, 0.1) is 0 Å². The molecule has 0 N–H and O–H groups in total. The van der Waals surface area contributed by atoms with Crippen LogP contribution in [0.5, 0.6) is 0 Å². The van der Waals surface area contributed by atoms with E-state index in [0.29, 0.717) is 11.8 Å². The first kappa shape index (κ1) is 15.9. The van der Waals surface area contributed by atoms with Crippen LogP contribution in [0, 0.1) is 0 Å². The molecule has 1 rings (SSSR count). The number of thiophene rings is 1. The lowest BCUT2D eigenvalue weighted by molar-refractivity contribution is -0.104. The minimum Gasteiger partial charge on any atom is -0.299 e. The van der Waals surface area contributed by atoms with Gasteiger partial charge in [0, 0.05) is 9.75 Å². The molecule has 0 amide bonds. The number of carbonyl (C=O) groups is 1.